The highest BCUT2D eigenvalue weighted by Crippen LogP contribution is 2.15. The van der Waals surface area contributed by atoms with Crippen LogP contribution in [0.4, 0.5) is 4.79 Å². The van der Waals surface area contributed by atoms with E-state index in [1.807, 2.05) is 44.2 Å². The number of aliphatic hydroxyl groups is 1. The molecule has 0 saturated heterocycles. The normalized spacial score (nSPS) is 12.0. The topological polar surface area (TPSA) is 87.4 Å². The van der Waals surface area contributed by atoms with Gasteiger partial charge in [0.05, 0.1) is 11.8 Å². The highest BCUT2D eigenvalue weighted by Gasteiger charge is 2.14. The van der Waals surface area contributed by atoms with E-state index >= 15 is 0 Å². The molecule has 1 aromatic carbocycles. The molecule has 6 heteroatoms. The molecular formula is C18H25N3O3. The first-order valence-corrected chi connectivity index (χ1v) is 8.34. The number of hydrogen-bond donors (Lipinski definition) is 3. The second-order valence-corrected chi connectivity index (χ2v) is 5.65. The highest BCUT2D eigenvalue weighted by atomic mass is 16.5. The van der Waals surface area contributed by atoms with Crippen LogP contribution in [0, 0.1) is 0 Å². The molecule has 0 spiro atoms. The largest absolute Gasteiger partial charge is 0.391 e. The Hall–Kier alpha value is -2.34. The number of aliphatic hydroxyl groups excluding tert-OH is 1. The van der Waals surface area contributed by atoms with Crippen LogP contribution in [0.1, 0.15) is 36.4 Å². The molecule has 1 aromatic heterocycles. The van der Waals surface area contributed by atoms with Crippen molar-refractivity contribution in [3.8, 4) is 0 Å². The number of hydrogen-bond acceptors (Lipinski definition) is 4. The van der Waals surface area contributed by atoms with E-state index in [0.717, 1.165) is 35.4 Å². The number of urea groups is 1. The van der Waals surface area contributed by atoms with E-state index in [1.54, 1.807) is 0 Å². The Kier molecular flexibility index (Phi) is 6.81. The summed E-state index contributed by atoms with van der Waals surface area (Å²) in [5, 5.41) is 19.5. The summed E-state index contributed by atoms with van der Waals surface area (Å²) < 4.78 is 5.27. The van der Waals surface area contributed by atoms with Gasteiger partial charge in [-0.1, -0.05) is 49.3 Å². The lowest BCUT2D eigenvalue weighted by atomic mass is 10.1. The predicted octanol–water partition coefficient (Wildman–Crippen LogP) is 2.20. The Morgan fingerprint density at radius 2 is 1.96 bits per heavy atom. The van der Waals surface area contributed by atoms with Crippen LogP contribution in [0.15, 0.2) is 34.9 Å². The average Bonchev–Trinajstić information content (AvgIpc) is 3.01. The molecule has 2 rings (SSSR count). The highest BCUT2D eigenvalue weighted by molar-refractivity contribution is 5.73. The molecule has 2 amide bonds. The zero-order chi connectivity index (χ0) is 17.4. The molecule has 1 heterocycles. The number of nitrogens with one attached hydrogen (secondary N) is 2. The van der Waals surface area contributed by atoms with Gasteiger partial charge < -0.3 is 20.3 Å². The molecule has 0 radical (unpaired) electrons. The Bertz CT molecular complexity index is 619. The molecule has 3 N–H and O–H groups in total. The summed E-state index contributed by atoms with van der Waals surface area (Å²) in [5.41, 5.74) is 2.85. The molecule has 0 bridgehead atoms. The average molecular weight is 331 g/mol. The van der Waals surface area contributed by atoms with Crippen molar-refractivity contribution >= 4 is 6.03 Å². The molecule has 1 atom stereocenters. The van der Waals surface area contributed by atoms with Gasteiger partial charge in [0.2, 0.25) is 0 Å². The van der Waals surface area contributed by atoms with Crippen molar-refractivity contribution in [2.45, 2.75) is 45.8 Å². The maximum atomic E-state index is 11.9. The molecule has 0 aliphatic rings. The maximum absolute atomic E-state index is 11.9. The van der Waals surface area contributed by atoms with Gasteiger partial charge in [0.15, 0.2) is 0 Å². The zero-order valence-electron chi connectivity index (χ0n) is 14.2. The van der Waals surface area contributed by atoms with Gasteiger partial charge in [0, 0.05) is 31.5 Å². The molecule has 0 saturated carbocycles. The number of aromatic nitrogens is 1. The van der Waals surface area contributed by atoms with Gasteiger partial charge in [-0.3, -0.25) is 0 Å². The van der Waals surface area contributed by atoms with Crippen LogP contribution in [0.2, 0.25) is 0 Å². The molecule has 1 unspecified atom stereocenters. The number of amides is 2. The minimum atomic E-state index is -0.619. The van der Waals surface area contributed by atoms with Gasteiger partial charge in [0.1, 0.15) is 5.76 Å². The smallest absolute Gasteiger partial charge is 0.315 e. The lowest BCUT2D eigenvalue weighted by Gasteiger charge is -2.13. The van der Waals surface area contributed by atoms with Gasteiger partial charge >= 0.3 is 6.03 Å². The lowest BCUT2D eigenvalue weighted by Crippen LogP contribution is -2.40. The third-order valence-electron chi connectivity index (χ3n) is 3.85. The fourth-order valence-electron chi connectivity index (χ4n) is 2.54. The number of benzene rings is 1. The van der Waals surface area contributed by atoms with Crippen molar-refractivity contribution in [2.75, 3.05) is 6.54 Å². The lowest BCUT2D eigenvalue weighted by molar-refractivity contribution is 0.170. The van der Waals surface area contributed by atoms with E-state index in [1.165, 1.54) is 0 Å². The summed E-state index contributed by atoms with van der Waals surface area (Å²) in [4.78, 5) is 11.9. The summed E-state index contributed by atoms with van der Waals surface area (Å²) >= 11 is 0. The second-order valence-electron chi connectivity index (χ2n) is 5.65. The van der Waals surface area contributed by atoms with E-state index in [-0.39, 0.29) is 12.6 Å². The number of aryl methyl sites for hydroxylation is 2. The van der Waals surface area contributed by atoms with Gasteiger partial charge in [-0.25, -0.2) is 4.79 Å². The Morgan fingerprint density at radius 1 is 1.21 bits per heavy atom. The quantitative estimate of drug-likeness (QED) is 0.692. The molecule has 0 aliphatic carbocycles. The minimum Gasteiger partial charge on any atom is -0.391 e. The van der Waals surface area contributed by atoms with Crippen LogP contribution in [-0.4, -0.2) is 28.9 Å². The summed E-state index contributed by atoms with van der Waals surface area (Å²) in [7, 11) is 0. The van der Waals surface area contributed by atoms with Crippen LogP contribution in [0.5, 0.6) is 0 Å². The van der Waals surface area contributed by atoms with Crippen molar-refractivity contribution in [3.63, 3.8) is 0 Å². The molecule has 24 heavy (non-hydrogen) atoms. The first kappa shape index (κ1) is 18.0. The number of nitrogens with zero attached hydrogens (tertiary/aromatic N) is 1. The summed E-state index contributed by atoms with van der Waals surface area (Å²) in [6.45, 7) is 4.56. The van der Waals surface area contributed by atoms with Gasteiger partial charge in [-0.15, -0.1) is 0 Å². The Morgan fingerprint density at radius 3 is 2.62 bits per heavy atom. The number of carbonyl (C=O) groups is 1. The standard InChI is InChI=1S/C18H25N3O3/c1-3-16-15(17(4-2)24-21-16)12-20-18(23)19-11-14(22)10-13-8-6-5-7-9-13/h5-9,14,22H,3-4,10-12H2,1-2H3,(H2,19,20,23). The Labute approximate surface area is 142 Å². The first-order chi connectivity index (χ1) is 11.6. The third kappa shape index (κ3) is 5.09. The molecule has 130 valence electrons. The molecule has 2 aromatic rings. The van der Waals surface area contributed by atoms with E-state index in [9.17, 15) is 9.90 Å². The monoisotopic (exact) mass is 331 g/mol. The van der Waals surface area contributed by atoms with Crippen molar-refractivity contribution < 1.29 is 14.4 Å². The fourth-order valence-corrected chi connectivity index (χ4v) is 2.54. The van der Waals surface area contributed by atoms with Crippen LogP contribution in [0.3, 0.4) is 0 Å². The Balaban J connectivity index is 1.76. The molecule has 0 aliphatic heterocycles. The minimum absolute atomic E-state index is 0.200. The zero-order valence-corrected chi connectivity index (χ0v) is 14.2. The second kappa shape index (κ2) is 9.08. The van der Waals surface area contributed by atoms with Crippen molar-refractivity contribution in [1.82, 2.24) is 15.8 Å². The molecule has 0 fully saturated rings. The van der Waals surface area contributed by atoms with Gasteiger partial charge in [0.25, 0.3) is 0 Å². The maximum Gasteiger partial charge on any atom is 0.315 e. The van der Waals surface area contributed by atoms with E-state index in [4.69, 9.17) is 4.52 Å². The molecular weight excluding hydrogens is 306 g/mol. The predicted molar refractivity (Wildman–Crippen MR) is 91.7 cm³/mol. The van der Waals surface area contributed by atoms with Crippen LogP contribution >= 0.6 is 0 Å². The number of carbonyl (C=O) groups excluding carboxylic acids is 1. The SMILES string of the molecule is CCc1noc(CC)c1CNC(=O)NCC(O)Cc1ccccc1. The van der Waals surface area contributed by atoms with Gasteiger partial charge in [-0.05, 0) is 12.0 Å². The van der Waals surface area contributed by atoms with E-state index in [0.29, 0.717) is 13.0 Å². The fraction of sp³-hybridized carbons (Fsp3) is 0.444. The van der Waals surface area contributed by atoms with Gasteiger partial charge in [-0.2, -0.15) is 0 Å². The first-order valence-electron chi connectivity index (χ1n) is 8.34. The summed E-state index contributed by atoms with van der Waals surface area (Å²) in [5.74, 6) is 0.802. The van der Waals surface area contributed by atoms with Crippen molar-refractivity contribution in [3.05, 3.63) is 52.9 Å². The van der Waals surface area contributed by atoms with Crippen molar-refractivity contribution in [1.29, 1.82) is 0 Å². The third-order valence-corrected chi connectivity index (χ3v) is 3.85. The number of rotatable bonds is 8. The van der Waals surface area contributed by atoms with Crippen LogP contribution < -0.4 is 10.6 Å². The van der Waals surface area contributed by atoms with Crippen molar-refractivity contribution in [2.24, 2.45) is 0 Å². The molecule has 6 nitrogen and oxygen atoms in total. The van der Waals surface area contributed by atoms with E-state index in [2.05, 4.69) is 15.8 Å². The summed E-state index contributed by atoms with van der Waals surface area (Å²) in [6, 6.07) is 9.38. The summed E-state index contributed by atoms with van der Waals surface area (Å²) in [6.07, 6.45) is 1.39. The van der Waals surface area contributed by atoms with Crippen LogP contribution in [-0.2, 0) is 25.8 Å². The van der Waals surface area contributed by atoms with Crippen LogP contribution in [0.25, 0.3) is 0 Å². The van der Waals surface area contributed by atoms with E-state index < -0.39 is 6.10 Å².